The van der Waals surface area contributed by atoms with Gasteiger partial charge in [-0.05, 0) is 47.0 Å². The summed E-state index contributed by atoms with van der Waals surface area (Å²) in [6.07, 6.45) is 0. The number of hydrogen-bond donors (Lipinski definition) is 2. The average molecular weight is 373 g/mol. The summed E-state index contributed by atoms with van der Waals surface area (Å²) in [4.78, 5) is 4.35. The Balaban J connectivity index is 1.99. The van der Waals surface area contributed by atoms with Gasteiger partial charge in [0.15, 0.2) is 11.6 Å². The van der Waals surface area contributed by atoms with Crippen molar-refractivity contribution in [3.05, 3.63) is 59.9 Å². The molecule has 2 heterocycles. The van der Waals surface area contributed by atoms with Crippen molar-refractivity contribution < 1.29 is 9.84 Å². The highest BCUT2D eigenvalue weighted by atomic mass is 16.5. The van der Waals surface area contributed by atoms with E-state index in [9.17, 15) is 5.11 Å². The van der Waals surface area contributed by atoms with E-state index in [1.165, 1.54) is 0 Å². The fraction of sp³-hybridized carbons (Fsp3) is 0.143. The molecule has 2 aromatic heterocycles. The van der Waals surface area contributed by atoms with Gasteiger partial charge < -0.3 is 9.84 Å². The van der Waals surface area contributed by atoms with Crippen molar-refractivity contribution in [2.75, 3.05) is 7.11 Å². The van der Waals surface area contributed by atoms with Gasteiger partial charge in [-0.3, -0.25) is 4.98 Å². The molecule has 4 aromatic rings. The second-order valence-electron chi connectivity index (χ2n) is 6.42. The first-order valence-corrected chi connectivity index (χ1v) is 8.78. The van der Waals surface area contributed by atoms with Crippen LogP contribution in [-0.2, 0) is 0 Å². The summed E-state index contributed by atoms with van der Waals surface area (Å²) in [6, 6.07) is 15.9. The van der Waals surface area contributed by atoms with Crippen molar-refractivity contribution in [1.82, 2.24) is 25.6 Å². The van der Waals surface area contributed by atoms with E-state index in [4.69, 9.17) is 4.74 Å². The van der Waals surface area contributed by atoms with Gasteiger partial charge in [-0.1, -0.05) is 42.5 Å². The highest BCUT2D eigenvalue weighted by Crippen LogP contribution is 2.43. The van der Waals surface area contributed by atoms with Crippen LogP contribution in [0.4, 0.5) is 0 Å². The Hall–Kier alpha value is -3.74. The van der Waals surface area contributed by atoms with Crippen LogP contribution in [0.5, 0.6) is 11.5 Å². The first-order valence-electron chi connectivity index (χ1n) is 8.78. The Morgan fingerprint density at radius 3 is 2.39 bits per heavy atom. The van der Waals surface area contributed by atoms with E-state index in [0.717, 1.165) is 22.3 Å². The fourth-order valence-electron chi connectivity index (χ4n) is 3.38. The summed E-state index contributed by atoms with van der Waals surface area (Å²) in [5.74, 6) is 1.18. The number of rotatable bonds is 4. The molecule has 0 spiro atoms. The molecular weight excluding hydrogens is 354 g/mol. The van der Waals surface area contributed by atoms with Gasteiger partial charge in [0, 0.05) is 5.56 Å². The van der Waals surface area contributed by atoms with Crippen LogP contribution in [0.2, 0.25) is 0 Å². The Morgan fingerprint density at radius 2 is 1.71 bits per heavy atom. The number of aryl methyl sites for hydroxylation is 2. The van der Waals surface area contributed by atoms with Gasteiger partial charge in [-0.15, -0.1) is 5.10 Å². The standard InChI is InChI=1S/C21H19N5O2/c1-12-19(27)18(20(28-3)13(2)22-12)15-9-10-16(14-7-5-4-6-8-14)17(11-15)21-23-25-26-24-21/h4-11,27H,1-3H3,(H,23,24,25,26). The molecule has 0 aliphatic rings. The maximum atomic E-state index is 10.7. The van der Waals surface area contributed by atoms with Crippen LogP contribution in [0.1, 0.15) is 11.4 Å². The number of nitrogens with one attached hydrogen (secondary N) is 1. The number of benzene rings is 2. The van der Waals surface area contributed by atoms with E-state index in [1.54, 1.807) is 14.0 Å². The number of aromatic nitrogens is 5. The highest BCUT2D eigenvalue weighted by Gasteiger charge is 2.20. The van der Waals surface area contributed by atoms with Gasteiger partial charge in [0.1, 0.15) is 5.75 Å². The molecule has 0 amide bonds. The molecule has 0 bridgehead atoms. The molecule has 0 radical (unpaired) electrons. The largest absolute Gasteiger partial charge is 0.505 e. The van der Waals surface area contributed by atoms with Crippen LogP contribution >= 0.6 is 0 Å². The predicted molar refractivity (Wildman–Crippen MR) is 106 cm³/mol. The van der Waals surface area contributed by atoms with Crippen LogP contribution in [0.3, 0.4) is 0 Å². The topological polar surface area (TPSA) is 96.8 Å². The summed E-state index contributed by atoms with van der Waals surface area (Å²) in [6.45, 7) is 3.62. The SMILES string of the molecule is COc1c(C)nc(C)c(O)c1-c1ccc(-c2ccccc2)c(-c2nnn[nH]2)c1. The fourth-order valence-corrected chi connectivity index (χ4v) is 3.38. The maximum Gasteiger partial charge on any atom is 0.180 e. The predicted octanol–water partition coefficient (Wildman–Crippen LogP) is 3.93. The van der Waals surface area contributed by atoms with Crippen molar-refractivity contribution in [2.24, 2.45) is 0 Å². The van der Waals surface area contributed by atoms with Gasteiger partial charge in [0.2, 0.25) is 0 Å². The van der Waals surface area contributed by atoms with Crippen LogP contribution in [0, 0.1) is 13.8 Å². The molecule has 140 valence electrons. The second kappa shape index (κ2) is 7.11. The van der Waals surface area contributed by atoms with Crippen molar-refractivity contribution in [3.63, 3.8) is 0 Å². The first kappa shape index (κ1) is 17.7. The molecule has 7 nitrogen and oxygen atoms in total. The van der Waals surface area contributed by atoms with Crippen LogP contribution < -0.4 is 4.74 Å². The lowest BCUT2D eigenvalue weighted by Gasteiger charge is -2.16. The van der Waals surface area contributed by atoms with Crippen LogP contribution in [0.25, 0.3) is 33.6 Å². The Morgan fingerprint density at radius 1 is 0.929 bits per heavy atom. The van der Waals surface area contributed by atoms with Gasteiger partial charge in [0.05, 0.1) is 24.1 Å². The zero-order valence-corrected chi connectivity index (χ0v) is 15.8. The maximum absolute atomic E-state index is 10.7. The van der Waals surface area contributed by atoms with Crippen LogP contribution in [0.15, 0.2) is 48.5 Å². The number of pyridine rings is 1. The molecule has 0 atom stereocenters. The third-order valence-corrected chi connectivity index (χ3v) is 4.67. The summed E-state index contributed by atoms with van der Waals surface area (Å²) in [5.41, 5.74) is 5.48. The van der Waals surface area contributed by atoms with E-state index >= 15 is 0 Å². The molecule has 0 fully saturated rings. The smallest absolute Gasteiger partial charge is 0.180 e. The van der Waals surface area contributed by atoms with Crippen molar-refractivity contribution in [2.45, 2.75) is 13.8 Å². The molecule has 4 rings (SSSR count). The zero-order chi connectivity index (χ0) is 19.7. The lowest BCUT2D eigenvalue weighted by atomic mass is 9.93. The number of hydrogen-bond acceptors (Lipinski definition) is 6. The van der Waals surface area contributed by atoms with Gasteiger partial charge in [-0.25, -0.2) is 5.10 Å². The van der Waals surface area contributed by atoms with E-state index < -0.39 is 0 Å². The van der Waals surface area contributed by atoms with E-state index in [1.807, 2.05) is 55.5 Å². The Bertz CT molecular complexity index is 1130. The molecular formula is C21H19N5O2. The molecule has 0 aliphatic carbocycles. The average Bonchev–Trinajstić information content (AvgIpc) is 3.25. The van der Waals surface area contributed by atoms with Gasteiger partial charge in [0.25, 0.3) is 0 Å². The molecule has 0 saturated heterocycles. The summed E-state index contributed by atoms with van der Waals surface area (Å²) < 4.78 is 5.54. The normalized spacial score (nSPS) is 10.8. The van der Waals surface area contributed by atoms with Crippen molar-refractivity contribution in [3.8, 4) is 45.1 Å². The zero-order valence-electron chi connectivity index (χ0n) is 15.8. The van der Waals surface area contributed by atoms with Crippen molar-refractivity contribution in [1.29, 1.82) is 0 Å². The molecule has 2 aromatic carbocycles. The molecule has 28 heavy (non-hydrogen) atoms. The minimum Gasteiger partial charge on any atom is -0.505 e. The third kappa shape index (κ3) is 2.96. The number of tetrazole rings is 1. The second-order valence-corrected chi connectivity index (χ2v) is 6.42. The lowest BCUT2D eigenvalue weighted by Crippen LogP contribution is -1.98. The minimum atomic E-state index is 0.0940. The Labute approximate surface area is 162 Å². The van der Waals surface area contributed by atoms with Crippen molar-refractivity contribution >= 4 is 0 Å². The Kier molecular flexibility index (Phi) is 4.49. The number of H-pyrrole nitrogens is 1. The van der Waals surface area contributed by atoms with E-state index in [0.29, 0.717) is 28.5 Å². The van der Waals surface area contributed by atoms with Gasteiger partial charge in [-0.2, -0.15) is 0 Å². The molecule has 7 heteroatoms. The number of ether oxygens (including phenoxy) is 1. The molecule has 0 saturated carbocycles. The summed E-state index contributed by atoms with van der Waals surface area (Å²) in [5, 5.41) is 25.0. The molecule has 0 aliphatic heterocycles. The lowest BCUT2D eigenvalue weighted by molar-refractivity contribution is 0.402. The molecule has 0 unspecified atom stereocenters. The minimum absolute atomic E-state index is 0.0940. The van der Waals surface area contributed by atoms with E-state index in [-0.39, 0.29) is 5.75 Å². The first-order chi connectivity index (χ1) is 13.6. The summed E-state index contributed by atoms with van der Waals surface area (Å²) in [7, 11) is 1.57. The number of methoxy groups -OCH3 is 1. The van der Waals surface area contributed by atoms with Crippen LogP contribution in [-0.4, -0.2) is 37.8 Å². The highest BCUT2D eigenvalue weighted by molar-refractivity contribution is 5.87. The monoisotopic (exact) mass is 373 g/mol. The number of aromatic hydroxyl groups is 1. The van der Waals surface area contributed by atoms with E-state index in [2.05, 4.69) is 25.6 Å². The van der Waals surface area contributed by atoms with Gasteiger partial charge >= 0.3 is 0 Å². The summed E-state index contributed by atoms with van der Waals surface area (Å²) >= 11 is 0. The molecule has 2 N–H and O–H groups in total. The number of aromatic amines is 1. The number of nitrogens with zero attached hydrogens (tertiary/aromatic N) is 4. The third-order valence-electron chi connectivity index (χ3n) is 4.67. The quantitative estimate of drug-likeness (QED) is 0.563.